The molecular formula is C28H21BrN2O. The Morgan fingerprint density at radius 1 is 0.719 bits per heavy atom. The number of nitrogens with zero attached hydrogens (tertiary/aromatic N) is 2. The van der Waals surface area contributed by atoms with Crippen LogP contribution in [0.25, 0.3) is 11.1 Å². The van der Waals surface area contributed by atoms with E-state index >= 15 is 0 Å². The van der Waals surface area contributed by atoms with E-state index in [2.05, 4.69) is 112 Å². The van der Waals surface area contributed by atoms with Crippen LogP contribution in [-0.4, -0.2) is 10.7 Å². The van der Waals surface area contributed by atoms with Gasteiger partial charge in [-0.25, -0.2) is 5.01 Å². The zero-order valence-electron chi connectivity index (χ0n) is 17.4. The lowest BCUT2D eigenvalue weighted by molar-refractivity contribution is -0.0190. The number of ether oxygens (including phenoxy) is 1. The van der Waals surface area contributed by atoms with E-state index in [0.717, 1.165) is 33.5 Å². The standard InChI is InChI=1S/C28H21BrN2O/c29-23-16-14-21(15-17-23)25-18-26-24-8-4-5-9-27(24)32-28(31(26)30-25)22-12-10-20(11-13-22)19-6-2-1-3-7-19/h1-17,26,28H,18H2. The number of rotatable bonds is 3. The van der Waals surface area contributed by atoms with Gasteiger partial charge in [-0.2, -0.15) is 5.10 Å². The van der Waals surface area contributed by atoms with Crippen LogP contribution >= 0.6 is 15.9 Å². The summed E-state index contributed by atoms with van der Waals surface area (Å²) >= 11 is 3.53. The largest absolute Gasteiger partial charge is 0.464 e. The van der Waals surface area contributed by atoms with E-state index in [1.165, 1.54) is 16.7 Å². The van der Waals surface area contributed by atoms with Crippen molar-refractivity contribution in [2.45, 2.75) is 18.7 Å². The van der Waals surface area contributed by atoms with Gasteiger partial charge in [0, 0.05) is 22.0 Å². The lowest BCUT2D eigenvalue weighted by Crippen LogP contribution is -2.33. The number of hydrogen-bond donors (Lipinski definition) is 0. The molecule has 0 saturated heterocycles. The van der Waals surface area contributed by atoms with Crippen LogP contribution in [0, 0.1) is 0 Å². The molecule has 0 aromatic heterocycles. The van der Waals surface area contributed by atoms with Gasteiger partial charge in [-0.05, 0) is 34.9 Å². The highest BCUT2D eigenvalue weighted by molar-refractivity contribution is 9.10. The molecule has 0 bridgehead atoms. The zero-order valence-corrected chi connectivity index (χ0v) is 18.9. The summed E-state index contributed by atoms with van der Waals surface area (Å²) in [5.41, 5.74) is 6.95. The molecule has 0 fully saturated rings. The summed E-state index contributed by atoms with van der Waals surface area (Å²) in [5.74, 6) is 0.943. The van der Waals surface area contributed by atoms with Crippen LogP contribution in [0.3, 0.4) is 0 Å². The van der Waals surface area contributed by atoms with E-state index in [4.69, 9.17) is 9.84 Å². The van der Waals surface area contributed by atoms with Crippen LogP contribution in [0.2, 0.25) is 0 Å². The molecule has 2 aliphatic heterocycles. The van der Waals surface area contributed by atoms with Crippen molar-refractivity contribution in [1.82, 2.24) is 5.01 Å². The maximum absolute atomic E-state index is 6.49. The molecule has 0 N–H and O–H groups in total. The van der Waals surface area contributed by atoms with E-state index < -0.39 is 0 Å². The molecule has 0 saturated carbocycles. The Balaban J connectivity index is 1.38. The molecular weight excluding hydrogens is 460 g/mol. The van der Waals surface area contributed by atoms with Crippen molar-refractivity contribution < 1.29 is 4.74 Å². The van der Waals surface area contributed by atoms with Crippen LogP contribution in [0.15, 0.2) is 113 Å². The van der Waals surface area contributed by atoms with Gasteiger partial charge in [0.05, 0.1) is 11.8 Å². The van der Waals surface area contributed by atoms with Gasteiger partial charge >= 0.3 is 0 Å². The minimum Gasteiger partial charge on any atom is -0.464 e. The predicted octanol–water partition coefficient (Wildman–Crippen LogP) is 7.36. The van der Waals surface area contributed by atoms with Gasteiger partial charge in [-0.1, -0.05) is 101 Å². The Morgan fingerprint density at radius 2 is 1.38 bits per heavy atom. The summed E-state index contributed by atoms with van der Waals surface area (Å²) in [7, 11) is 0. The summed E-state index contributed by atoms with van der Waals surface area (Å²) in [6.45, 7) is 0. The van der Waals surface area contributed by atoms with Crippen LogP contribution in [0.5, 0.6) is 5.75 Å². The van der Waals surface area contributed by atoms with Gasteiger partial charge in [-0.3, -0.25) is 0 Å². The fourth-order valence-electron chi connectivity index (χ4n) is 4.54. The molecule has 32 heavy (non-hydrogen) atoms. The highest BCUT2D eigenvalue weighted by Crippen LogP contribution is 2.47. The maximum Gasteiger partial charge on any atom is 0.213 e. The summed E-state index contributed by atoms with van der Waals surface area (Å²) in [6.07, 6.45) is 0.605. The zero-order chi connectivity index (χ0) is 21.5. The molecule has 0 amide bonds. The third kappa shape index (κ3) is 3.41. The van der Waals surface area contributed by atoms with Crippen molar-refractivity contribution in [1.29, 1.82) is 0 Å². The lowest BCUT2D eigenvalue weighted by atomic mass is 9.95. The molecule has 0 aliphatic carbocycles. The fraction of sp³-hybridized carbons (Fsp3) is 0.107. The minimum atomic E-state index is -0.257. The highest BCUT2D eigenvalue weighted by atomic mass is 79.9. The molecule has 0 spiro atoms. The first-order valence-corrected chi connectivity index (χ1v) is 11.6. The van der Waals surface area contributed by atoms with Crippen LogP contribution in [0.4, 0.5) is 0 Å². The van der Waals surface area contributed by atoms with Crippen LogP contribution < -0.4 is 4.74 Å². The SMILES string of the molecule is Brc1ccc(C2=NN3C(C2)c2ccccc2OC3c2ccc(-c3ccccc3)cc2)cc1. The van der Waals surface area contributed by atoms with Gasteiger partial charge in [-0.15, -0.1) is 0 Å². The second-order valence-corrected chi connectivity index (χ2v) is 9.07. The maximum atomic E-state index is 6.49. The monoisotopic (exact) mass is 480 g/mol. The quantitative estimate of drug-likeness (QED) is 0.306. The molecule has 0 radical (unpaired) electrons. The van der Waals surface area contributed by atoms with Crippen molar-refractivity contribution in [2.75, 3.05) is 0 Å². The summed E-state index contributed by atoms with van der Waals surface area (Å²) in [4.78, 5) is 0. The molecule has 6 rings (SSSR count). The molecule has 4 aromatic rings. The van der Waals surface area contributed by atoms with E-state index in [9.17, 15) is 0 Å². The second-order valence-electron chi connectivity index (χ2n) is 8.15. The Labute approximate surface area is 196 Å². The third-order valence-corrected chi connectivity index (χ3v) is 6.71. The van der Waals surface area contributed by atoms with Gasteiger partial charge in [0.1, 0.15) is 5.75 Å². The van der Waals surface area contributed by atoms with Crippen molar-refractivity contribution in [2.24, 2.45) is 5.10 Å². The number of para-hydroxylation sites is 1. The Kier molecular flexibility index (Phi) is 4.80. The molecule has 3 nitrogen and oxygen atoms in total. The van der Waals surface area contributed by atoms with Crippen LogP contribution in [-0.2, 0) is 0 Å². The van der Waals surface area contributed by atoms with Crippen LogP contribution in [0.1, 0.15) is 35.4 Å². The summed E-state index contributed by atoms with van der Waals surface area (Å²) in [6, 6.07) is 36.0. The average Bonchev–Trinajstić information content (AvgIpc) is 3.30. The van der Waals surface area contributed by atoms with Crippen molar-refractivity contribution >= 4 is 21.6 Å². The van der Waals surface area contributed by atoms with Crippen molar-refractivity contribution in [3.8, 4) is 16.9 Å². The minimum absolute atomic E-state index is 0.164. The number of hydrazone groups is 1. The smallest absolute Gasteiger partial charge is 0.213 e. The number of halogens is 1. The van der Waals surface area contributed by atoms with E-state index in [1.807, 2.05) is 12.1 Å². The molecule has 4 heteroatoms. The molecule has 2 heterocycles. The van der Waals surface area contributed by atoms with Gasteiger partial charge in [0.15, 0.2) is 0 Å². The third-order valence-electron chi connectivity index (χ3n) is 6.18. The summed E-state index contributed by atoms with van der Waals surface area (Å²) in [5, 5.41) is 7.19. The Hall–Kier alpha value is -3.37. The lowest BCUT2D eigenvalue weighted by Gasteiger charge is -2.38. The molecule has 4 aromatic carbocycles. The topological polar surface area (TPSA) is 24.8 Å². The molecule has 2 atom stereocenters. The van der Waals surface area contributed by atoms with Gasteiger partial charge in [0.2, 0.25) is 6.23 Å². The van der Waals surface area contributed by atoms with E-state index in [1.54, 1.807) is 0 Å². The highest BCUT2D eigenvalue weighted by Gasteiger charge is 2.40. The first-order chi connectivity index (χ1) is 15.8. The number of benzene rings is 4. The average molecular weight is 481 g/mol. The van der Waals surface area contributed by atoms with Crippen molar-refractivity contribution in [3.63, 3.8) is 0 Å². The first kappa shape index (κ1) is 19.3. The number of hydrogen-bond acceptors (Lipinski definition) is 3. The normalized spacial score (nSPS) is 19.0. The van der Waals surface area contributed by atoms with Gasteiger partial charge < -0.3 is 4.74 Å². The predicted molar refractivity (Wildman–Crippen MR) is 132 cm³/mol. The number of fused-ring (bicyclic) bond motifs is 3. The van der Waals surface area contributed by atoms with E-state index in [-0.39, 0.29) is 12.3 Å². The fourth-order valence-corrected chi connectivity index (χ4v) is 4.81. The Morgan fingerprint density at radius 3 is 2.16 bits per heavy atom. The molecule has 2 aliphatic rings. The van der Waals surface area contributed by atoms with Gasteiger partial charge in [0.25, 0.3) is 0 Å². The first-order valence-electron chi connectivity index (χ1n) is 10.8. The second kappa shape index (κ2) is 7.95. The molecule has 156 valence electrons. The summed E-state index contributed by atoms with van der Waals surface area (Å²) < 4.78 is 7.56. The van der Waals surface area contributed by atoms with Crippen molar-refractivity contribution in [3.05, 3.63) is 124 Å². The Bertz CT molecular complexity index is 1280. The molecule has 2 unspecified atom stereocenters. The van der Waals surface area contributed by atoms with E-state index in [0.29, 0.717) is 0 Å².